The van der Waals surface area contributed by atoms with Crippen molar-refractivity contribution in [3.8, 4) is 0 Å². The van der Waals surface area contributed by atoms with Gasteiger partial charge in [0.05, 0.1) is 18.4 Å². The Hall–Kier alpha value is -1.07. The van der Waals surface area contributed by atoms with Crippen LogP contribution in [0.4, 0.5) is 5.69 Å². The van der Waals surface area contributed by atoms with Crippen LogP contribution in [-0.2, 0) is 11.3 Å². The molecular formula is C11H19ClN4O. The van der Waals surface area contributed by atoms with Crippen LogP contribution in [0.3, 0.4) is 0 Å². The van der Waals surface area contributed by atoms with Gasteiger partial charge in [0, 0.05) is 12.7 Å². The maximum atomic E-state index is 11.5. The first-order valence-corrected chi connectivity index (χ1v) is 5.81. The largest absolute Gasteiger partial charge is 0.322 e. The van der Waals surface area contributed by atoms with E-state index in [-0.39, 0.29) is 18.3 Å². The zero-order valence-corrected chi connectivity index (χ0v) is 10.8. The van der Waals surface area contributed by atoms with Crippen molar-refractivity contribution in [3.05, 3.63) is 12.4 Å². The van der Waals surface area contributed by atoms with E-state index >= 15 is 0 Å². The van der Waals surface area contributed by atoms with Crippen molar-refractivity contribution in [1.29, 1.82) is 0 Å². The first kappa shape index (κ1) is 14.0. The molecule has 2 rings (SSSR count). The van der Waals surface area contributed by atoms with Crippen LogP contribution in [0.1, 0.15) is 19.8 Å². The SMILES string of the molecule is CCn1cc(NC(=O)CNCC2CC2)cn1.Cl. The van der Waals surface area contributed by atoms with Gasteiger partial charge in [-0.3, -0.25) is 9.48 Å². The van der Waals surface area contributed by atoms with Crippen LogP contribution in [0.5, 0.6) is 0 Å². The molecule has 0 aliphatic heterocycles. The molecule has 1 heterocycles. The highest BCUT2D eigenvalue weighted by molar-refractivity contribution is 5.91. The number of amides is 1. The topological polar surface area (TPSA) is 59.0 Å². The number of hydrogen-bond acceptors (Lipinski definition) is 3. The summed E-state index contributed by atoms with van der Waals surface area (Å²) in [5, 5.41) is 10.0. The second kappa shape index (κ2) is 6.61. The lowest BCUT2D eigenvalue weighted by molar-refractivity contribution is -0.115. The van der Waals surface area contributed by atoms with Gasteiger partial charge in [0.25, 0.3) is 0 Å². The summed E-state index contributed by atoms with van der Waals surface area (Å²) < 4.78 is 1.78. The van der Waals surface area contributed by atoms with Crippen molar-refractivity contribution in [2.24, 2.45) is 5.92 Å². The Morgan fingerprint density at radius 3 is 2.94 bits per heavy atom. The molecule has 17 heavy (non-hydrogen) atoms. The normalized spacial score (nSPS) is 14.2. The van der Waals surface area contributed by atoms with Crippen LogP contribution in [0.2, 0.25) is 0 Å². The molecule has 1 aliphatic rings. The van der Waals surface area contributed by atoms with Crippen LogP contribution in [0.25, 0.3) is 0 Å². The predicted octanol–water partition coefficient (Wildman–Crippen LogP) is 1.26. The molecule has 0 bridgehead atoms. The van der Waals surface area contributed by atoms with E-state index in [4.69, 9.17) is 0 Å². The van der Waals surface area contributed by atoms with Gasteiger partial charge in [0.15, 0.2) is 0 Å². The van der Waals surface area contributed by atoms with Gasteiger partial charge in [-0.05, 0) is 32.2 Å². The van der Waals surface area contributed by atoms with Gasteiger partial charge in [-0.2, -0.15) is 5.10 Å². The standard InChI is InChI=1S/C11H18N4O.ClH/c1-2-15-8-10(6-13-15)14-11(16)7-12-5-9-3-4-9;/h6,8-9,12H,2-5,7H2,1H3,(H,14,16);1H. The molecule has 6 heteroatoms. The summed E-state index contributed by atoms with van der Waals surface area (Å²) in [6.45, 7) is 4.17. The summed E-state index contributed by atoms with van der Waals surface area (Å²) in [5.74, 6) is 0.798. The fourth-order valence-electron chi connectivity index (χ4n) is 1.52. The first-order chi connectivity index (χ1) is 7.78. The summed E-state index contributed by atoms with van der Waals surface area (Å²) in [6.07, 6.45) is 6.11. The molecule has 1 aromatic rings. The summed E-state index contributed by atoms with van der Waals surface area (Å²) in [5.41, 5.74) is 0.764. The van der Waals surface area contributed by atoms with Gasteiger partial charge in [-0.25, -0.2) is 0 Å². The second-order valence-electron chi connectivity index (χ2n) is 4.21. The highest BCUT2D eigenvalue weighted by Crippen LogP contribution is 2.27. The van der Waals surface area contributed by atoms with Crippen molar-refractivity contribution in [2.45, 2.75) is 26.3 Å². The van der Waals surface area contributed by atoms with E-state index in [0.29, 0.717) is 6.54 Å². The number of carbonyl (C=O) groups excluding carboxylic acids is 1. The van der Waals surface area contributed by atoms with Crippen molar-refractivity contribution >= 4 is 24.0 Å². The monoisotopic (exact) mass is 258 g/mol. The average molecular weight is 259 g/mol. The van der Waals surface area contributed by atoms with Crippen LogP contribution >= 0.6 is 12.4 Å². The lowest BCUT2D eigenvalue weighted by Gasteiger charge is -2.03. The molecule has 0 radical (unpaired) electrons. The number of anilines is 1. The Balaban J connectivity index is 0.00000144. The summed E-state index contributed by atoms with van der Waals surface area (Å²) in [4.78, 5) is 11.5. The number of aromatic nitrogens is 2. The van der Waals surface area contributed by atoms with Gasteiger partial charge in [-0.15, -0.1) is 12.4 Å². The maximum absolute atomic E-state index is 11.5. The fraction of sp³-hybridized carbons (Fsp3) is 0.636. The summed E-state index contributed by atoms with van der Waals surface area (Å²) >= 11 is 0. The number of aryl methyl sites for hydroxylation is 1. The smallest absolute Gasteiger partial charge is 0.238 e. The molecular weight excluding hydrogens is 240 g/mol. The van der Waals surface area contributed by atoms with E-state index in [1.165, 1.54) is 12.8 Å². The van der Waals surface area contributed by atoms with E-state index in [9.17, 15) is 4.79 Å². The Labute approximate surface area is 107 Å². The molecule has 0 unspecified atom stereocenters. The first-order valence-electron chi connectivity index (χ1n) is 5.81. The molecule has 1 fully saturated rings. The highest BCUT2D eigenvalue weighted by Gasteiger charge is 2.20. The number of carbonyl (C=O) groups is 1. The van der Waals surface area contributed by atoms with Crippen molar-refractivity contribution in [1.82, 2.24) is 15.1 Å². The third-order valence-corrected chi connectivity index (χ3v) is 2.66. The number of hydrogen-bond donors (Lipinski definition) is 2. The van der Waals surface area contributed by atoms with Crippen LogP contribution in [-0.4, -0.2) is 28.8 Å². The Morgan fingerprint density at radius 2 is 2.35 bits per heavy atom. The van der Waals surface area contributed by atoms with Crippen molar-refractivity contribution in [2.75, 3.05) is 18.4 Å². The molecule has 1 saturated carbocycles. The third-order valence-electron chi connectivity index (χ3n) is 2.66. The lowest BCUT2D eigenvalue weighted by Crippen LogP contribution is -2.29. The second-order valence-corrected chi connectivity index (χ2v) is 4.21. The van der Waals surface area contributed by atoms with E-state index < -0.39 is 0 Å². The highest BCUT2D eigenvalue weighted by atomic mass is 35.5. The molecule has 96 valence electrons. The molecule has 1 aromatic heterocycles. The third kappa shape index (κ3) is 4.75. The quantitative estimate of drug-likeness (QED) is 0.808. The molecule has 1 amide bonds. The minimum absolute atomic E-state index is 0. The van der Waals surface area contributed by atoms with E-state index in [1.807, 2.05) is 13.1 Å². The molecule has 0 atom stereocenters. The number of rotatable bonds is 6. The minimum atomic E-state index is -0.00342. The van der Waals surface area contributed by atoms with Gasteiger partial charge >= 0.3 is 0 Å². The molecule has 1 aliphatic carbocycles. The van der Waals surface area contributed by atoms with Crippen LogP contribution in [0.15, 0.2) is 12.4 Å². The van der Waals surface area contributed by atoms with Crippen molar-refractivity contribution < 1.29 is 4.79 Å². The molecule has 2 N–H and O–H groups in total. The number of nitrogens with zero attached hydrogens (tertiary/aromatic N) is 2. The van der Waals surface area contributed by atoms with E-state index in [1.54, 1.807) is 10.9 Å². The zero-order valence-electron chi connectivity index (χ0n) is 9.98. The van der Waals surface area contributed by atoms with Gasteiger partial charge in [0.1, 0.15) is 0 Å². The summed E-state index contributed by atoms with van der Waals surface area (Å²) in [6, 6.07) is 0. The van der Waals surface area contributed by atoms with Crippen molar-refractivity contribution in [3.63, 3.8) is 0 Å². The molecule has 0 saturated heterocycles. The zero-order chi connectivity index (χ0) is 11.4. The predicted molar refractivity (Wildman–Crippen MR) is 69.4 cm³/mol. The Morgan fingerprint density at radius 1 is 1.59 bits per heavy atom. The number of halogens is 1. The van der Waals surface area contributed by atoms with Crippen LogP contribution in [0, 0.1) is 5.92 Å². The number of nitrogens with one attached hydrogen (secondary N) is 2. The molecule has 0 spiro atoms. The molecule has 5 nitrogen and oxygen atoms in total. The summed E-state index contributed by atoms with van der Waals surface area (Å²) in [7, 11) is 0. The average Bonchev–Trinajstić information content (AvgIpc) is 2.97. The van der Waals surface area contributed by atoms with Gasteiger partial charge in [-0.1, -0.05) is 0 Å². The fourth-order valence-corrected chi connectivity index (χ4v) is 1.52. The Bertz CT molecular complexity index is 362. The minimum Gasteiger partial charge on any atom is -0.322 e. The molecule has 0 aromatic carbocycles. The van der Waals surface area contributed by atoms with Gasteiger partial charge in [0.2, 0.25) is 5.91 Å². The van der Waals surface area contributed by atoms with Gasteiger partial charge < -0.3 is 10.6 Å². The maximum Gasteiger partial charge on any atom is 0.238 e. The van der Waals surface area contributed by atoms with E-state index in [2.05, 4.69) is 15.7 Å². The Kier molecular flexibility index (Phi) is 5.44. The lowest BCUT2D eigenvalue weighted by atomic mass is 10.4. The van der Waals surface area contributed by atoms with E-state index in [0.717, 1.165) is 24.7 Å². The van der Waals surface area contributed by atoms with Crippen LogP contribution < -0.4 is 10.6 Å².